The molecule has 3 aromatic rings. The van der Waals surface area contributed by atoms with Gasteiger partial charge in [-0.05, 0) is 38.0 Å². The van der Waals surface area contributed by atoms with E-state index in [-0.39, 0.29) is 17.9 Å². The maximum absolute atomic E-state index is 13.1. The Balaban J connectivity index is 1.81. The Morgan fingerprint density at radius 3 is 2.78 bits per heavy atom. The highest BCUT2D eigenvalue weighted by Gasteiger charge is 2.43. The summed E-state index contributed by atoms with van der Waals surface area (Å²) in [6, 6.07) is 5.32. The minimum Gasteiger partial charge on any atom is -0.310 e. The van der Waals surface area contributed by atoms with Crippen LogP contribution in [0.5, 0.6) is 0 Å². The Morgan fingerprint density at radius 2 is 2.11 bits per heavy atom. The Bertz CT molecular complexity index is 1110. The van der Waals surface area contributed by atoms with Crippen LogP contribution in [0.2, 0.25) is 0 Å². The van der Waals surface area contributed by atoms with E-state index in [2.05, 4.69) is 15.3 Å². The van der Waals surface area contributed by atoms with Crippen molar-refractivity contribution in [3.8, 4) is 11.1 Å². The van der Waals surface area contributed by atoms with Crippen molar-refractivity contribution in [2.75, 3.05) is 5.32 Å². The summed E-state index contributed by atoms with van der Waals surface area (Å²) in [7, 11) is 0. The largest absolute Gasteiger partial charge is 0.310 e. The number of rotatable bonds is 4. The minimum absolute atomic E-state index is 0.129. The number of halogens is 1. The van der Waals surface area contributed by atoms with Crippen LogP contribution in [0.15, 0.2) is 41.6 Å². The number of carbonyl (C=O) groups excluding carboxylic acids is 1. The van der Waals surface area contributed by atoms with Crippen LogP contribution >= 0.6 is 0 Å². The number of amides is 1. The van der Waals surface area contributed by atoms with Crippen LogP contribution in [-0.4, -0.2) is 26.6 Å². The van der Waals surface area contributed by atoms with Crippen molar-refractivity contribution in [1.82, 2.24) is 14.5 Å². The number of nitrogens with zero attached hydrogens (tertiary/aromatic N) is 3. The van der Waals surface area contributed by atoms with Crippen molar-refractivity contribution in [3.05, 3.63) is 52.7 Å². The second-order valence-electron chi connectivity index (χ2n) is 6.77. The predicted molar refractivity (Wildman–Crippen MR) is 101 cm³/mol. The molecule has 0 aliphatic heterocycles. The van der Waals surface area contributed by atoms with Gasteiger partial charge in [0.15, 0.2) is 0 Å². The van der Waals surface area contributed by atoms with Crippen LogP contribution in [0.1, 0.15) is 18.9 Å². The van der Waals surface area contributed by atoms with Crippen molar-refractivity contribution in [2.45, 2.75) is 33.0 Å². The van der Waals surface area contributed by atoms with Gasteiger partial charge in [0, 0.05) is 47.7 Å². The lowest BCUT2D eigenvalue weighted by molar-refractivity contribution is -0.117. The highest BCUT2D eigenvalue weighted by Crippen LogP contribution is 2.34. The number of anilines is 1. The van der Waals surface area contributed by atoms with Crippen LogP contribution in [0.25, 0.3) is 22.0 Å². The van der Waals surface area contributed by atoms with Gasteiger partial charge >= 0.3 is 0 Å². The number of nitrogens with one attached hydrogen (secondary N) is 1. The molecule has 1 N–H and O–H groups in total. The zero-order valence-corrected chi connectivity index (χ0v) is 15.1. The van der Waals surface area contributed by atoms with Gasteiger partial charge in [-0.3, -0.25) is 14.6 Å². The summed E-state index contributed by atoms with van der Waals surface area (Å²) in [4.78, 5) is 33.4. The fraction of sp³-hybridized carbons (Fsp3) is 0.300. The smallest absolute Gasteiger partial charge is 0.258 e. The average molecular weight is 366 g/mol. The molecule has 0 bridgehead atoms. The second kappa shape index (κ2) is 6.57. The highest BCUT2D eigenvalue weighted by molar-refractivity contribution is 5.95. The van der Waals surface area contributed by atoms with E-state index in [0.29, 0.717) is 23.4 Å². The summed E-state index contributed by atoms with van der Waals surface area (Å²) in [5.41, 5.74) is 2.85. The monoisotopic (exact) mass is 366 g/mol. The minimum atomic E-state index is -1.07. The normalized spacial score (nSPS) is 18.5. The standard InChI is InChI=1S/C20H19FN4O2/c1-3-25-17-8-18(24-19(26)14-7-16(14)21)23-9-12(17)6-13(20(25)27)15-10-22-5-4-11(15)2/h4-6,8-10,14,16H,3,7H2,1-2H3,(H,23,24,26)/t14-,16+/m1/s1. The average Bonchev–Trinajstić information content (AvgIpc) is 3.39. The summed E-state index contributed by atoms with van der Waals surface area (Å²) >= 11 is 0. The summed E-state index contributed by atoms with van der Waals surface area (Å²) in [5, 5.41) is 3.42. The summed E-state index contributed by atoms with van der Waals surface area (Å²) < 4.78 is 14.7. The Morgan fingerprint density at radius 1 is 1.33 bits per heavy atom. The van der Waals surface area contributed by atoms with Crippen LogP contribution in [0, 0.1) is 12.8 Å². The van der Waals surface area contributed by atoms with Crippen LogP contribution < -0.4 is 10.9 Å². The van der Waals surface area contributed by atoms with E-state index in [1.54, 1.807) is 35.3 Å². The number of pyridine rings is 3. The van der Waals surface area contributed by atoms with Gasteiger partial charge in [0.1, 0.15) is 12.0 Å². The zero-order valence-electron chi connectivity index (χ0n) is 15.1. The quantitative estimate of drug-likeness (QED) is 0.770. The van der Waals surface area contributed by atoms with Gasteiger partial charge < -0.3 is 9.88 Å². The SMILES string of the molecule is CCn1c(=O)c(-c2cnccc2C)cc2cnc(NC(=O)[C@@H]3C[C@@H]3F)cc21. The molecule has 0 saturated heterocycles. The van der Waals surface area contributed by atoms with Gasteiger partial charge in [-0.2, -0.15) is 0 Å². The highest BCUT2D eigenvalue weighted by atomic mass is 19.1. The van der Waals surface area contributed by atoms with Crippen molar-refractivity contribution in [3.63, 3.8) is 0 Å². The first-order valence-electron chi connectivity index (χ1n) is 8.89. The first kappa shape index (κ1) is 17.3. The van der Waals surface area contributed by atoms with Crippen molar-refractivity contribution in [1.29, 1.82) is 0 Å². The molecule has 138 valence electrons. The number of aromatic nitrogens is 3. The fourth-order valence-electron chi connectivity index (χ4n) is 3.25. The molecule has 0 unspecified atom stereocenters. The molecule has 7 heteroatoms. The van der Waals surface area contributed by atoms with Crippen LogP contribution in [0.4, 0.5) is 10.2 Å². The first-order chi connectivity index (χ1) is 13.0. The molecule has 1 aliphatic carbocycles. The van der Waals surface area contributed by atoms with Crippen molar-refractivity contribution >= 4 is 22.6 Å². The zero-order chi connectivity index (χ0) is 19.1. The second-order valence-corrected chi connectivity index (χ2v) is 6.77. The van der Waals surface area contributed by atoms with E-state index >= 15 is 0 Å². The van der Waals surface area contributed by atoms with E-state index in [1.807, 2.05) is 19.9 Å². The molecule has 0 radical (unpaired) electrons. The molecule has 1 saturated carbocycles. The Hall–Kier alpha value is -3.09. The molecule has 4 rings (SSSR count). The summed E-state index contributed by atoms with van der Waals surface area (Å²) in [5.74, 6) is -0.646. The van der Waals surface area contributed by atoms with Crippen molar-refractivity contribution in [2.24, 2.45) is 5.92 Å². The maximum Gasteiger partial charge on any atom is 0.258 e. The van der Waals surface area contributed by atoms with E-state index < -0.39 is 12.1 Å². The fourth-order valence-corrected chi connectivity index (χ4v) is 3.25. The molecule has 3 heterocycles. The van der Waals surface area contributed by atoms with Gasteiger partial charge in [0.2, 0.25) is 5.91 Å². The molecule has 0 aromatic carbocycles. The molecule has 3 aromatic heterocycles. The third kappa shape index (κ3) is 3.09. The number of hydrogen-bond acceptors (Lipinski definition) is 4. The van der Waals surface area contributed by atoms with E-state index in [9.17, 15) is 14.0 Å². The number of hydrogen-bond donors (Lipinski definition) is 1. The maximum atomic E-state index is 13.1. The van der Waals surface area contributed by atoms with Gasteiger partial charge in [-0.1, -0.05) is 0 Å². The van der Waals surface area contributed by atoms with E-state index in [0.717, 1.165) is 16.5 Å². The summed E-state index contributed by atoms with van der Waals surface area (Å²) in [6.45, 7) is 4.29. The van der Waals surface area contributed by atoms with Gasteiger partial charge in [-0.25, -0.2) is 9.37 Å². The summed E-state index contributed by atoms with van der Waals surface area (Å²) in [6.07, 6.45) is 4.18. The number of alkyl halides is 1. The molecule has 1 amide bonds. The first-order valence-corrected chi connectivity index (χ1v) is 8.89. The van der Waals surface area contributed by atoms with Crippen LogP contribution in [0.3, 0.4) is 0 Å². The molecule has 2 atom stereocenters. The third-order valence-corrected chi connectivity index (χ3v) is 4.92. The lowest BCUT2D eigenvalue weighted by Gasteiger charge is -2.13. The molecular weight excluding hydrogens is 347 g/mol. The Kier molecular flexibility index (Phi) is 4.22. The topological polar surface area (TPSA) is 76.9 Å². The number of aryl methyl sites for hydroxylation is 2. The van der Waals surface area contributed by atoms with Crippen LogP contribution in [-0.2, 0) is 11.3 Å². The van der Waals surface area contributed by atoms with Gasteiger partial charge in [0.05, 0.1) is 11.4 Å². The van der Waals surface area contributed by atoms with E-state index in [1.165, 1.54) is 0 Å². The molecule has 1 fully saturated rings. The van der Waals surface area contributed by atoms with Gasteiger partial charge in [-0.15, -0.1) is 0 Å². The molecule has 1 aliphatic rings. The molecule has 27 heavy (non-hydrogen) atoms. The Labute approximate surface area is 155 Å². The number of fused-ring (bicyclic) bond motifs is 1. The van der Waals surface area contributed by atoms with Gasteiger partial charge in [0.25, 0.3) is 5.56 Å². The third-order valence-electron chi connectivity index (χ3n) is 4.92. The molecular formula is C20H19FN4O2. The lowest BCUT2D eigenvalue weighted by atomic mass is 10.0. The number of carbonyl (C=O) groups is 1. The predicted octanol–water partition coefficient (Wildman–Crippen LogP) is 3.08. The van der Waals surface area contributed by atoms with Crippen molar-refractivity contribution < 1.29 is 9.18 Å². The molecule has 0 spiro atoms. The van der Waals surface area contributed by atoms with E-state index in [4.69, 9.17) is 0 Å². The lowest BCUT2D eigenvalue weighted by Crippen LogP contribution is -2.22. The molecule has 6 nitrogen and oxygen atoms in total.